The van der Waals surface area contributed by atoms with Crippen LogP contribution in [0.25, 0.3) is 0 Å². The van der Waals surface area contributed by atoms with Gasteiger partial charge in [0.2, 0.25) is 0 Å². The third-order valence-corrected chi connectivity index (χ3v) is 4.86. The average molecular weight is 349 g/mol. The molecule has 6 nitrogen and oxygen atoms in total. The zero-order valence-corrected chi connectivity index (χ0v) is 15.2. The Morgan fingerprint density at radius 3 is 2.31 bits per heavy atom. The molecular formula is C19H20BN3O3. The summed E-state index contributed by atoms with van der Waals surface area (Å²) in [6.07, 6.45) is 1.53. The summed E-state index contributed by atoms with van der Waals surface area (Å²) >= 11 is 0. The summed E-state index contributed by atoms with van der Waals surface area (Å²) in [5.74, 6) is -0.0873. The molecule has 2 aromatic rings. The molecule has 0 radical (unpaired) electrons. The predicted octanol–water partition coefficient (Wildman–Crippen LogP) is 2.50. The van der Waals surface area contributed by atoms with Crippen molar-refractivity contribution in [2.24, 2.45) is 0 Å². The second kappa shape index (κ2) is 6.56. The van der Waals surface area contributed by atoms with Gasteiger partial charge in [0.15, 0.2) is 5.82 Å². The molecule has 0 atom stereocenters. The summed E-state index contributed by atoms with van der Waals surface area (Å²) in [5, 5.41) is 11.7. The van der Waals surface area contributed by atoms with Crippen molar-refractivity contribution < 1.29 is 14.1 Å². The van der Waals surface area contributed by atoms with Gasteiger partial charge in [-0.3, -0.25) is 4.79 Å². The molecule has 26 heavy (non-hydrogen) atoms. The molecule has 1 aliphatic heterocycles. The van der Waals surface area contributed by atoms with Crippen LogP contribution in [0.5, 0.6) is 0 Å². The van der Waals surface area contributed by atoms with Gasteiger partial charge in [-0.15, -0.1) is 0 Å². The maximum absolute atomic E-state index is 12.4. The number of amides is 1. The number of carbonyl (C=O) groups excluding carboxylic acids is 1. The lowest BCUT2D eigenvalue weighted by atomic mass is 9.79. The largest absolute Gasteiger partial charge is 0.494 e. The van der Waals surface area contributed by atoms with Crippen molar-refractivity contribution in [3.05, 3.63) is 53.7 Å². The maximum Gasteiger partial charge on any atom is 0.494 e. The molecule has 2 heterocycles. The van der Waals surface area contributed by atoms with Crippen LogP contribution in [0, 0.1) is 11.3 Å². The molecule has 0 spiro atoms. The Labute approximate surface area is 153 Å². The minimum atomic E-state index is -0.474. The van der Waals surface area contributed by atoms with Gasteiger partial charge < -0.3 is 14.6 Å². The number of benzene rings is 1. The molecule has 0 bridgehead atoms. The van der Waals surface area contributed by atoms with Crippen molar-refractivity contribution in [2.45, 2.75) is 38.9 Å². The van der Waals surface area contributed by atoms with E-state index in [1.807, 2.05) is 33.8 Å². The van der Waals surface area contributed by atoms with Crippen LogP contribution >= 0.6 is 0 Å². The molecule has 0 aliphatic carbocycles. The summed E-state index contributed by atoms with van der Waals surface area (Å²) in [7, 11) is -0.474. The Morgan fingerprint density at radius 1 is 1.12 bits per heavy atom. The van der Waals surface area contributed by atoms with E-state index in [9.17, 15) is 4.79 Å². The van der Waals surface area contributed by atoms with Gasteiger partial charge in [-0.25, -0.2) is 4.98 Å². The molecule has 1 aromatic carbocycles. The molecule has 0 unspecified atom stereocenters. The third-order valence-electron chi connectivity index (χ3n) is 4.86. The Kier molecular flexibility index (Phi) is 4.57. The first-order valence-corrected chi connectivity index (χ1v) is 8.35. The maximum atomic E-state index is 12.4. The smallest absolute Gasteiger partial charge is 0.399 e. The normalized spacial score (nSPS) is 17.6. The van der Waals surface area contributed by atoms with Crippen LogP contribution < -0.4 is 10.8 Å². The summed E-state index contributed by atoms with van der Waals surface area (Å²) in [4.78, 5) is 16.4. The second-order valence-corrected chi connectivity index (χ2v) is 7.18. The zero-order valence-electron chi connectivity index (χ0n) is 15.2. The summed E-state index contributed by atoms with van der Waals surface area (Å²) in [5.41, 5.74) is 0.783. The van der Waals surface area contributed by atoms with E-state index in [-0.39, 0.29) is 11.7 Å². The molecule has 3 rings (SSSR count). The monoisotopic (exact) mass is 349 g/mol. The third kappa shape index (κ3) is 3.34. The van der Waals surface area contributed by atoms with Crippen LogP contribution in [0.3, 0.4) is 0 Å². The van der Waals surface area contributed by atoms with E-state index in [0.717, 1.165) is 5.46 Å². The van der Waals surface area contributed by atoms with Crippen molar-refractivity contribution >= 4 is 24.3 Å². The van der Waals surface area contributed by atoms with E-state index in [4.69, 9.17) is 14.6 Å². The van der Waals surface area contributed by atoms with Gasteiger partial charge in [-0.2, -0.15) is 5.26 Å². The van der Waals surface area contributed by atoms with E-state index >= 15 is 0 Å². The quantitative estimate of drug-likeness (QED) is 0.861. The van der Waals surface area contributed by atoms with Crippen LogP contribution in [0.4, 0.5) is 5.82 Å². The molecule has 7 heteroatoms. The number of pyridine rings is 1. The van der Waals surface area contributed by atoms with Crippen molar-refractivity contribution in [1.29, 1.82) is 5.26 Å². The highest BCUT2D eigenvalue weighted by molar-refractivity contribution is 6.62. The number of nitriles is 1. The van der Waals surface area contributed by atoms with Crippen LogP contribution in [-0.4, -0.2) is 29.2 Å². The molecule has 1 aromatic heterocycles. The van der Waals surface area contributed by atoms with Crippen LogP contribution in [0.15, 0.2) is 42.6 Å². The Hall–Kier alpha value is -2.69. The average Bonchev–Trinajstić information content (AvgIpc) is 2.83. The fraction of sp³-hybridized carbons (Fsp3) is 0.316. The number of nitrogens with one attached hydrogen (secondary N) is 1. The zero-order chi connectivity index (χ0) is 18.9. The van der Waals surface area contributed by atoms with Gasteiger partial charge in [0.05, 0.1) is 16.8 Å². The highest BCUT2D eigenvalue weighted by atomic mass is 16.7. The fourth-order valence-electron chi connectivity index (χ4n) is 2.55. The van der Waals surface area contributed by atoms with E-state index < -0.39 is 18.3 Å². The van der Waals surface area contributed by atoms with Crippen LogP contribution in [0.1, 0.15) is 43.6 Å². The standard InChI is InChI=1S/C19H20BN3O3/c1-18(2)19(3,4)26-20(25-18)15-9-7-13(8-10-15)17(24)23-16-14(12-21)6-5-11-22-16/h5-11H,1-4H3,(H,22,23,24). The lowest BCUT2D eigenvalue weighted by Gasteiger charge is -2.32. The van der Waals surface area contributed by atoms with E-state index in [1.165, 1.54) is 6.20 Å². The molecule has 1 aliphatic rings. The van der Waals surface area contributed by atoms with E-state index in [2.05, 4.69) is 10.3 Å². The van der Waals surface area contributed by atoms with Gasteiger partial charge in [-0.1, -0.05) is 12.1 Å². The summed E-state index contributed by atoms with van der Waals surface area (Å²) in [6.45, 7) is 7.98. The van der Waals surface area contributed by atoms with Crippen LogP contribution in [-0.2, 0) is 9.31 Å². The summed E-state index contributed by atoms with van der Waals surface area (Å²) < 4.78 is 12.0. The number of rotatable bonds is 3. The Bertz CT molecular complexity index is 856. The first kappa shape index (κ1) is 18.1. The van der Waals surface area contributed by atoms with Crippen molar-refractivity contribution in [3.63, 3.8) is 0 Å². The number of anilines is 1. The molecule has 1 fully saturated rings. The van der Waals surface area contributed by atoms with Gasteiger partial charge in [-0.05, 0) is 57.4 Å². The molecule has 132 valence electrons. The second-order valence-electron chi connectivity index (χ2n) is 7.18. The molecule has 0 saturated carbocycles. The minimum absolute atomic E-state index is 0.245. The van der Waals surface area contributed by atoms with Crippen molar-refractivity contribution in [2.75, 3.05) is 5.32 Å². The number of aromatic nitrogens is 1. The fourth-order valence-corrected chi connectivity index (χ4v) is 2.55. The summed E-state index contributed by atoms with van der Waals surface area (Å²) in [6, 6.07) is 12.3. The first-order valence-electron chi connectivity index (χ1n) is 8.35. The molecule has 1 amide bonds. The lowest BCUT2D eigenvalue weighted by Crippen LogP contribution is -2.41. The first-order chi connectivity index (χ1) is 12.2. The minimum Gasteiger partial charge on any atom is -0.399 e. The topological polar surface area (TPSA) is 84.2 Å². The SMILES string of the molecule is CC1(C)OB(c2ccc(C(=O)Nc3ncccc3C#N)cc2)OC1(C)C. The van der Waals surface area contributed by atoms with Gasteiger partial charge in [0.25, 0.3) is 5.91 Å². The number of nitrogens with zero attached hydrogens (tertiary/aromatic N) is 2. The predicted molar refractivity (Wildman–Crippen MR) is 99.1 cm³/mol. The Morgan fingerprint density at radius 2 is 1.73 bits per heavy atom. The number of hydrogen-bond donors (Lipinski definition) is 1. The number of hydrogen-bond acceptors (Lipinski definition) is 5. The van der Waals surface area contributed by atoms with E-state index in [1.54, 1.807) is 36.4 Å². The van der Waals surface area contributed by atoms with Crippen LogP contribution in [0.2, 0.25) is 0 Å². The number of carbonyl (C=O) groups is 1. The van der Waals surface area contributed by atoms with Gasteiger partial charge >= 0.3 is 7.12 Å². The van der Waals surface area contributed by atoms with Crippen molar-refractivity contribution in [1.82, 2.24) is 4.98 Å². The van der Waals surface area contributed by atoms with Crippen molar-refractivity contribution in [3.8, 4) is 6.07 Å². The molecule has 1 N–H and O–H groups in total. The van der Waals surface area contributed by atoms with E-state index in [0.29, 0.717) is 11.1 Å². The van der Waals surface area contributed by atoms with Gasteiger partial charge in [0, 0.05) is 11.8 Å². The highest BCUT2D eigenvalue weighted by Gasteiger charge is 2.51. The molecular weight excluding hydrogens is 329 g/mol. The molecule has 1 saturated heterocycles. The Balaban J connectivity index is 1.74. The van der Waals surface area contributed by atoms with Gasteiger partial charge in [0.1, 0.15) is 6.07 Å². The lowest BCUT2D eigenvalue weighted by molar-refractivity contribution is 0.00578. The highest BCUT2D eigenvalue weighted by Crippen LogP contribution is 2.36.